The predicted molar refractivity (Wildman–Crippen MR) is 108 cm³/mol. The Balaban J connectivity index is 1.98. The zero-order valence-corrected chi connectivity index (χ0v) is 16.8. The van der Waals surface area contributed by atoms with Gasteiger partial charge in [0.05, 0.1) is 5.56 Å². The fourth-order valence-electron chi connectivity index (χ4n) is 4.69. The minimum absolute atomic E-state index is 0.290. The Kier molecular flexibility index (Phi) is 5.94. The largest absolute Gasteiger partial charge is 0.456 e. The smallest absolute Gasteiger partial charge is 0.340 e. The molecule has 2 aliphatic carbocycles. The maximum atomic E-state index is 12.7. The number of carbonyl (C=O) groups is 1. The zero-order chi connectivity index (χ0) is 18.7. The summed E-state index contributed by atoms with van der Waals surface area (Å²) in [5.41, 5.74) is 9.78. The molecule has 0 atom stereocenters. The van der Waals surface area contributed by atoms with Crippen LogP contribution in [-0.2, 0) is 4.74 Å². The van der Waals surface area contributed by atoms with E-state index in [0.717, 1.165) is 0 Å². The summed E-state index contributed by atoms with van der Waals surface area (Å²) in [5, 5.41) is 0. The standard InChI is InChI=1S/C23H35NO2/c1-23(2,3)26-22(25)20-14-18(16-10-6-4-7-11-16)19(15-21(20)24)17-12-8-5-9-13-17/h14-17H,4-13,24H2,1-3H3. The molecule has 3 heteroatoms. The Labute approximate surface area is 158 Å². The van der Waals surface area contributed by atoms with Gasteiger partial charge in [0.2, 0.25) is 0 Å². The van der Waals surface area contributed by atoms with Crippen molar-refractivity contribution >= 4 is 11.7 Å². The van der Waals surface area contributed by atoms with E-state index in [1.54, 1.807) is 0 Å². The molecule has 2 N–H and O–H groups in total. The van der Waals surface area contributed by atoms with Gasteiger partial charge in [-0.25, -0.2) is 4.79 Å². The maximum Gasteiger partial charge on any atom is 0.340 e. The number of hydrogen-bond donors (Lipinski definition) is 1. The highest BCUT2D eigenvalue weighted by Crippen LogP contribution is 2.42. The van der Waals surface area contributed by atoms with E-state index in [4.69, 9.17) is 10.5 Å². The van der Waals surface area contributed by atoms with Gasteiger partial charge in [-0.2, -0.15) is 0 Å². The second-order valence-electron chi connectivity index (χ2n) is 9.24. The Morgan fingerprint density at radius 1 is 0.885 bits per heavy atom. The van der Waals surface area contributed by atoms with Crippen molar-refractivity contribution in [3.8, 4) is 0 Å². The number of anilines is 1. The molecular formula is C23H35NO2. The van der Waals surface area contributed by atoms with Gasteiger partial charge in [0.25, 0.3) is 0 Å². The number of carbonyl (C=O) groups excluding carboxylic acids is 1. The Hall–Kier alpha value is -1.51. The summed E-state index contributed by atoms with van der Waals surface area (Å²) in [6.07, 6.45) is 12.9. The number of rotatable bonds is 3. The van der Waals surface area contributed by atoms with E-state index in [-0.39, 0.29) is 5.97 Å². The molecule has 144 valence electrons. The lowest BCUT2D eigenvalue weighted by Gasteiger charge is -2.31. The zero-order valence-electron chi connectivity index (χ0n) is 16.8. The second kappa shape index (κ2) is 8.02. The van der Waals surface area contributed by atoms with Gasteiger partial charge >= 0.3 is 5.97 Å². The van der Waals surface area contributed by atoms with Gasteiger partial charge < -0.3 is 10.5 Å². The van der Waals surface area contributed by atoms with Crippen molar-refractivity contribution in [3.05, 3.63) is 28.8 Å². The third kappa shape index (κ3) is 4.61. The number of nitrogen functional groups attached to an aromatic ring is 1. The van der Waals surface area contributed by atoms with Gasteiger partial charge in [-0.15, -0.1) is 0 Å². The molecule has 1 aromatic carbocycles. The van der Waals surface area contributed by atoms with Crippen LogP contribution in [0.4, 0.5) is 5.69 Å². The maximum absolute atomic E-state index is 12.7. The van der Waals surface area contributed by atoms with E-state index >= 15 is 0 Å². The molecule has 3 nitrogen and oxygen atoms in total. The summed E-state index contributed by atoms with van der Waals surface area (Å²) in [4.78, 5) is 12.7. The summed E-state index contributed by atoms with van der Waals surface area (Å²) in [6, 6.07) is 4.20. The summed E-state index contributed by atoms with van der Waals surface area (Å²) in [5.74, 6) is 0.889. The topological polar surface area (TPSA) is 52.3 Å². The van der Waals surface area contributed by atoms with Crippen LogP contribution in [0.25, 0.3) is 0 Å². The van der Waals surface area contributed by atoms with Crippen LogP contribution in [0.5, 0.6) is 0 Å². The summed E-state index contributed by atoms with van der Waals surface area (Å²) >= 11 is 0. The lowest BCUT2D eigenvalue weighted by molar-refractivity contribution is 0.00706. The van der Waals surface area contributed by atoms with Crippen LogP contribution in [0.1, 0.15) is 118 Å². The monoisotopic (exact) mass is 357 g/mol. The highest BCUT2D eigenvalue weighted by Gasteiger charge is 2.28. The van der Waals surface area contributed by atoms with E-state index in [9.17, 15) is 4.79 Å². The molecule has 3 rings (SSSR count). The Bertz CT molecular complexity index is 632. The number of ether oxygens (including phenoxy) is 1. The molecule has 26 heavy (non-hydrogen) atoms. The highest BCUT2D eigenvalue weighted by molar-refractivity contribution is 5.95. The first-order valence-corrected chi connectivity index (χ1v) is 10.5. The molecule has 2 aliphatic rings. The number of hydrogen-bond acceptors (Lipinski definition) is 3. The van der Waals surface area contributed by atoms with Crippen molar-refractivity contribution in [2.75, 3.05) is 5.73 Å². The quantitative estimate of drug-likeness (QED) is 0.508. The molecule has 2 saturated carbocycles. The van der Waals surface area contributed by atoms with Crippen LogP contribution in [-0.4, -0.2) is 11.6 Å². The van der Waals surface area contributed by atoms with Gasteiger partial charge in [0.1, 0.15) is 5.60 Å². The Morgan fingerprint density at radius 3 is 1.81 bits per heavy atom. The van der Waals surface area contributed by atoms with E-state index < -0.39 is 5.60 Å². The molecular weight excluding hydrogens is 322 g/mol. The first-order valence-electron chi connectivity index (χ1n) is 10.5. The second-order valence-corrected chi connectivity index (χ2v) is 9.24. The van der Waals surface area contributed by atoms with E-state index in [2.05, 4.69) is 12.1 Å². The predicted octanol–water partition coefficient (Wildman–Crippen LogP) is 6.32. The molecule has 0 amide bonds. The lowest BCUT2D eigenvalue weighted by atomic mass is 9.75. The Morgan fingerprint density at radius 2 is 1.35 bits per heavy atom. The van der Waals surface area contributed by atoms with Crippen molar-refractivity contribution < 1.29 is 9.53 Å². The highest BCUT2D eigenvalue weighted by atomic mass is 16.6. The van der Waals surface area contributed by atoms with Gasteiger partial charge in [0.15, 0.2) is 0 Å². The van der Waals surface area contributed by atoms with Crippen molar-refractivity contribution in [1.29, 1.82) is 0 Å². The van der Waals surface area contributed by atoms with Crippen molar-refractivity contribution in [2.24, 2.45) is 0 Å². The van der Waals surface area contributed by atoms with Crippen LogP contribution in [0.15, 0.2) is 12.1 Å². The fourth-order valence-corrected chi connectivity index (χ4v) is 4.69. The third-order valence-electron chi connectivity index (χ3n) is 5.96. The van der Waals surface area contributed by atoms with E-state index in [1.165, 1.54) is 75.3 Å². The average molecular weight is 358 g/mol. The van der Waals surface area contributed by atoms with Crippen LogP contribution < -0.4 is 5.73 Å². The lowest BCUT2D eigenvalue weighted by Crippen LogP contribution is -2.25. The van der Waals surface area contributed by atoms with Crippen LogP contribution in [0.2, 0.25) is 0 Å². The molecule has 0 aliphatic heterocycles. The molecule has 0 spiro atoms. The molecule has 2 fully saturated rings. The molecule has 0 aromatic heterocycles. The SMILES string of the molecule is CC(C)(C)OC(=O)c1cc(C2CCCCC2)c(C2CCCCC2)cc1N. The summed E-state index contributed by atoms with van der Waals surface area (Å²) in [7, 11) is 0. The third-order valence-corrected chi connectivity index (χ3v) is 5.96. The summed E-state index contributed by atoms with van der Waals surface area (Å²) < 4.78 is 5.61. The van der Waals surface area contributed by atoms with Gasteiger partial charge in [-0.05, 0) is 81.5 Å². The first-order chi connectivity index (χ1) is 12.3. The normalized spacial score (nSPS) is 20.1. The molecule has 0 bridgehead atoms. The van der Waals surface area contributed by atoms with Crippen molar-refractivity contribution in [1.82, 2.24) is 0 Å². The molecule has 1 aromatic rings. The molecule has 0 heterocycles. The van der Waals surface area contributed by atoms with Crippen LogP contribution >= 0.6 is 0 Å². The van der Waals surface area contributed by atoms with E-state index in [1.807, 2.05) is 20.8 Å². The number of benzene rings is 1. The minimum Gasteiger partial charge on any atom is -0.456 e. The number of esters is 1. The molecule has 0 unspecified atom stereocenters. The fraction of sp³-hybridized carbons (Fsp3) is 0.696. The van der Waals surface area contributed by atoms with Crippen molar-refractivity contribution in [3.63, 3.8) is 0 Å². The van der Waals surface area contributed by atoms with Crippen LogP contribution in [0, 0.1) is 0 Å². The van der Waals surface area contributed by atoms with Gasteiger partial charge in [-0.1, -0.05) is 38.5 Å². The van der Waals surface area contributed by atoms with Gasteiger partial charge in [0, 0.05) is 5.69 Å². The average Bonchev–Trinajstić information content (AvgIpc) is 2.61. The number of nitrogens with two attached hydrogens (primary N) is 1. The molecule has 0 saturated heterocycles. The first kappa shape index (κ1) is 19.3. The van der Waals surface area contributed by atoms with Gasteiger partial charge in [-0.3, -0.25) is 0 Å². The minimum atomic E-state index is -0.503. The molecule has 0 radical (unpaired) electrons. The van der Waals surface area contributed by atoms with Crippen molar-refractivity contribution in [2.45, 2.75) is 102 Å². The van der Waals surface area contributed by atoms with Crippen LogP contribution in [0.3, 0.4) is 0 Å². The summed E-state index contributed by atoms with van der Waals surface area (Å²) in [6.45, 7) is 5.71. The van der Waals surface area contributed by atoms with E-state index in [0.29, 0.717) is 23.1 Å².